The van der Waals surface area contributed by atoms with Crippen LogP contribution < -0.4 is 0 Å². The zero-order chi connectivity index (χ0) is 19.7. The summed E-state index contributed by atoms with van der Waals surface area (Å²) in [6, 6.07) is 10.9. The van der Waals surface area contributed by atoms with E-state index in [-0.39, 0.29) is 17.2 Å². The molecule has 1 aromatic carbocycles. The minimum atomic E-state index is -0.341. The van der Waals surface area contributed by atoms with Crippen molar-refractivity contribution in [3.63, 3.8) is 0 Å². The first-order valence-corrected chi connectivity index (χ1v) is 10.1. The van der Waals surface area contributed by atoms with Crippen molar-refractivity contribution in [1.82, 2.24) is 14.6 Å². The molecule has 1 aliphatic rings. The van der Waals surface area contributed by atoms with Gasteiger partial charge in [0.05, 0.1) is 17.2 Å². The molecule has 2 aromatic heterocycles. The third kappa shape index (κ3) is 3.72. The minimum Gasteiger partial charge on any atom is -0.467 e. The van der Waals surface area contributed by atoms with Crippen molar-refractivity contribution < 1.29 is 9.21 Å². The van der Waals surface area contributed by atoms with Gasteiger partial charge in [0.25, 0.3) is 5.91 Å². The van der Waals surface area contributed by atoms with E-state index in [2.05, 4.69) is 10.1 Å². The van der Waals surface area contributed by atoms with Crippen LogP contribution in [0.3, 0.4) is 0 Å². The number of carbonyl (C=O) groups excluding carboxylic acids is 1. The Bertz CT molecular complexity index is 998. The fourth-order valence-electron chi connectivity index (χ4n) is 3.09. The van der Waals surface area contributed by atoms with E-state index in [1.165, 1.54) is 11.8 Å². The summed E-state index contributed by atoms with van der Waals surface area (Å²) in [6.07, 6.45) is 5.78. The molecule has 0 fully saturated rings. The maximum Gasteiger partial charge on any atom is 0.256 e. The largest absolute Gasteiger partial charge is 0.467 e. The number of halogens is 1. The molecule has 0 saturated heterocycles. The summed E-state index contributed by atoms with van der Waals surface area (Å²) in [5.41, 5.74) is 1.78. The van der Waals surface area contributed by atoms with E-state index >= 15 is 0 Å². The van der Waals surface area contributed by atoms with Gasteiger partial charge in [0.15, 0.2) is 5.16 Å². The van der Waals surface area contributed by atoms with E-state index in [1.807, 2.05) is 61.1 Å². The second-order valence-corrected chi connectivity index (χ2v) is 8.30. The summed E-state index contributed by atoms with van der Waals surface area (Å²) in [5.74, 6) is 0.633. The highest BCUT2D eigenvalue weighted by Gasteiger charge is 2.37. The molecule has 8 heteroatoms. The minimum absolute atomic E-state index is 0.0848. The van der Waals surface area contributed by atoms with Crippen molar-refractivity contribution in [3.05, 3.63) is 71.4 Å². The van der Waals surface area contributed by atoms with Crippen LogP contribution in [0.4, 0.5) is 0 Å². The standard InChI is InChI=1S/C20H19ClN4O2S/c1-13(28-20-22-9-10-24(20)2)19(26)25-17(18-4-3-11-27-18)12-16(23-25)14-5-7-15(21)8-6-14/h3-11,13,17H,12H2,1-2H3/t13-,17+/m0/s1. The molecule has 28 heavy (non-hydrogen) atoms. The molecule has 3 aromatic rings. The number of hydrazone groups is 1. The second-order valence-electron chi connectivity index (χ2n) is 6.55. The molecular formula is C20H19ClN4O2S. The molecule has 0 spiro atoms. The van der Waals surface area contributed by atoms with Crippen LogP contribution in [-0.2, 0) is 11.8 Å². The van der Waals surface area contributed by atoms with Crippen molar-refractivity contribution in [2.75, 3.05) is 0 Å². The van der Waals surface area contributed by atoms with E-state index in [9.17, 15) is 4.79 Å². The Morgan fingerprint density at radius 1 is 1.32 bits per heavy atom. The Kier molecular flexibility index (Phi) is 5.28. The third-order valence-electron chi connectivity index (χ3n) is 4.59. The number of hydrogen-bond donors (Lipinski definition) is 0. The van der Waals surface area contributed by atoms with Gasteiger partial charge in [-0.15, -0.1) is 0 Å². The van der Waals surface area contributed by atoms with Crippen LogP contribution in [-0.4, -0.2) is 31.4 Å². The number of imidazole rings is 1. The topological polar surface area (TPSA) is 63.6 Å². The van der Waals surface area contributed by atoms with E-state index in [1.54, 1.807) is 17.5 Å². The first-order chi connectivity index (χ1) is 13.5. The fourth-order valence-corrected chi connectivity index (χ4v) is 4.09. The maximum atomic E-state index is 13.2. The molecule has 0 aliphatic carbocycles. The van der Waals surface area contributed by atoms with E-state index in [0.717, 1.165) is 22.2 Å². The summed E-state index contributed by atoms with van der Waals surface area (Å²) in [5, 5.41) is 7.31. The van der Waals surface area contributed by atoms with E-state index < -0.39 is 0 Å². The lowest BCUT2D eigenvalue weighted by Crippen LogP contribution is -2.33. The molecule has 2 atom stereocenters. The summed E-state index contributed by atoms with van der Waals surface area (Å²) in [7, 11) is 1.91. The zero-order valence-electron chi connectivity index (χ0n) is 15.4. The number of hydrogen-bond acceptors (Lipinski definition) is 5. The van der Waals surface area contributed by atoms with Gasteiger partial charge in [-0.1, -0.05) is 35.5 Å². The van der Waals surface area contributed by atoms with Gasteiger partial charge in [0, 0.05) is 30.9 Å². The van der Waals surface area contributed by atoms with Crippen LogP contribution in [0.15, 0.2) is 69.7 Å². The number of furan rings is 1. The van der Waals surface area contributed by atoms with Crippen LogP contribution in [0.5, 0.6) is 0 Å². The summed E-state index contributed by atoms with van der Waals surface area (Å²) in [4.78, 5) is 17.5. The van der Waals surface area contributed by atoms with Gasteiger partial charge in [-0.25, -0.2) is 9.99 Å². The normalized spacial score (nSPS) is 17.6. The molecule has 6 nitrogen and oxygen atoms in total. The molecule has 144 valence electrons. The molecular weight excluding hydrogens is 396 g/mol. The highest BCUT2D eigenvalue weighted by molar-refractivity contribution is 8.00. The monoisotopic (exact) mass is 414 g/mol. The van der Waals surface area contributed by atoms with Gasteiger partial charge >= 0.3 is 0 Å². The molecule has 4 rings (SSSR count). The van der Waals surface area contributed by atoms with E-state index in [0.29, 0.717) is 11.4 Å². The average molecular weight is 415 g/mol. The van der Waals surface area contributed by atoms with E-state index in [4.69, 9.17) is 16.0 Å². The van der Waals surface area contributed by atoms with Gasteiger partial charge in [0.1, 0.15) is 11.8 Å². The highest BCUT2D eigenvalue weighted by atomic mass is 35.5. The third-order valence-corrected chi connectivity index (χ3v) is 6.00. The number of aromatic nitrogens is 2. The Morgan fingerprint density at radius 2 is 2.11 bits per heavy atom. The zero-order valence-corrected chi connectivity index (χ0v) is 17.0. The first kappa shape index (κ1) is 18.8. The molecule has 0 unspecified atom stereocenters. The van der Waals surface area contributed by atoms with Crippen LogP contribution in [0, 0.1) is 0 Å². The Balaban J connectivity index is 1.61. The van der Waals surface area contributed by atoms with Crippen LogP contribution in [0.1, 0.15) is 30.7 Å². The Hall–Kier alpha value is -2.51. The van der Waals surface area contributed by atoms with Crippen molar-refractivity contribution >= 4 is 35.0 Å². The molecule has 1 aliphatic heterocycles. The quantitative estimate of drug-likeness (QED) is 0.575. The number of nitrogens with zero attached hydrogens (tertiary/aromatic N) is 4. The van der Waals surface area contributed by atoms with Gasteiger partial charge in [0.2, 0.25) is 0 Å². The smallest absolute Gasteiger partial charge is 0.256 e. The maximum absolute atomic E-state index is 13.2. The lowest BCUT2D eigenvalue weighted by Gasteiger charge is -2.22. The number of benzene rings is 1. The van der Waals surface area contributed by atoms with Gasteiger partial charge in [-0.05, 0) is 36.8 Å². The van der Waals surface area contributed by atoms with Crippen LogP contribution in [0.25, 0.3) is 0 Å². The summed E-state index contributed by atoms with van der Waals surface area (Å²) >= 11 is 7.41. The van der Waals surface area contributed by atoms with Crippen LogP contribution in [0.2, 0.25) is 5.02 Å². The molecule has 1 amide bonds. The molecule has 0 radical (unpaired) electrons. The average Bonchev–Trinajstić information content (AvgIpc) is 3.43. The lowest BCUT2D eigenvalue weighted by atomic mass is 10.0. The molecule has 0 N–H and O–H groups in total. The summed E-state index contributed by atoms with van der Waals surface area (Å²) in [6.45, 7) is 1.87. The number of rotatable bonds is 5. The number of aryl methyl sites for hydroxylation is 1. The highest BCUT2D eigenvalue weighted by Crippen LogP contribution is 2.35. The van der Waals surface area contributed by atoms with Crippen molar-refractivity contribution in [3.8, 4) is 0 Å². The number of amides is 1. The fraction of sp³-hybridized carbons (Fsp3) is 0.250. The molecule has 0 saturated carbocycles. The van der Waals surface area contributed by atoms with Gasteiger partial charge in [-0.2, -0.15) is 5.10 Å². The number of thioether (sulfide) groups is 1. The SMILES string of the molecule is C[C@H](Sc1nccn1C)C(=O)N1N=C(c2ccc(Cl)cc2)C[C@@H]1c1ccco1. The van der Waals surface area contributed by atoms with Crippen molar-refractivity contribution in [2.24, 2.45) is 12.1 Å². The summed E-state index contributed by atoms with van der Waals surface area (Å²) < 4.78 is 7.49. The lowest BCUT2D eigenvalue weighted by molar-refractivity contribution is -0.132. The Labute approximate surface area is 172 Å². The Morgan fingerprint density at radius 3 is 2.75 bits per heavy atom. The van der Waals surface area contributed by atoms with Crippen LogP contribution >= 0.6 is 23.4 Å². The second kappa shape index (κ2) is 7.85. The van der Waals surface area contributed by atoms with Gasteiger partial charge < -0.3 is 8.98 Å². The molecule has 3 heterocycles. The predicted octanol–water partition coefficient (Wildman–Crippen LogP) is 4.53. The number of carbonyl (C=O) groups is 1. The van der Waals surface area contributed by atoms with Crippen molar-refractivity contribution in [1.29, 1.82) is 0 Å². The molecule has 0 bridgehead atoms. The van der Waals surface area contributed by atoms with Crippen molar-refractivity contribution in [2.45, 2.75) is 29.8 Å². The van der Waals surface area contributed by atoms with Gasteiger partial charge in [-0.3, -0.25) is 4.79 Å². The predicted molar refractivity (Wildman–Crippen MR) is 109 cm³/mol. The first-order valence-electron chi connectivity index (χ1n) is 8.87.